The fourth-order valence-corrected chi connectivity index (χ4v) is 3.74. The van der Waals surface area contributed by atoms with E-state index < -0.39 is 18.6 Å². The van der Waals surface area contributed by atoms with Gasteiger partial charge < -0.3 is 9.64 Å². The highest BCUT2D eigenvalue weighted by atomic mass is 19.4. The molecule has 1 amide bonds. The third kappa shape index (κ3) is 7.32. The maximum atomic E-state index is 13.0. The van der Waals surface area contributed by atoms with Crippen LogP contribution in [0.3, 0.4) is 0 Å². The standard InChI is InChI=1S/C24H25F3N2O2/c25-24(26,27)17-29(16-20-10-8-19(15-28)9-11-20)23(30)13-12-18-4-3-7-22(14-18)31-21-5-1-2-6-21/h3-4,7-11,14,21H,1-2,5-6,12-13,16-17H2. The van der Waals surface area contributed by atoms with E-state index in [1.165, 1.54) is 12.1 Å². The topological polar surface area (TPSA) is 53.3 Å². The van der Waals surface area contributed by atoms with Gasteiger partial charge in [0.25, 0.3) is 0 Å². The van der Waals surface area contributed by atoms with Gasteiger partial charge in [-0.05, 0) is 67.5 Å². The molecular formula is C24H25F3N2O2. The summed E-state index contributed by atoms with van der Waals surface area (Å²) in [5, 5.41) is 8.86. The van der Waals surface area contributed by atoms with Crippen molar-refractivity contribution in [3.05, 3.63) is 65.2 Å². The molecule has 0 atom stereocenters. The van der Waals surface area contributed by atoms with E-state index in [9.17, 15) is 18.0 Å². The summed E-state index contributed by atoms with van der Waals surface area (Å²) in [7, 11) is 0. The van der Waals surface area contributed by atoms with Crippen LogP contribution in [0.4, 0.5) is 13.2 Å². The molecule has 1 aliphatic carbocycles. The van der Waals surface area contributed by atoms with Crippen LogP contribution < -0.4 is 4.74 Å². The molecule has 0 saturated heterocycles. The van der Waals surface area contributed by atoms with Gasteiger partial charge in [0.15, 0.2) is 0 Å². The fraction of sp³-hybridized carbons (Fsp3) is 0.417. The minimum atomic E-state index is -4.49. The number of rotatable bonds is 8. The Labute approximate surface area is 180 Å². The van der Waals surface area contributed by atoms with E-state index in [1.54, 1.807) is 12.1 Å². The van der Waals surface area contributed by atoms with Crippen molar-refractivity contribution < 1.29 is 22.7 Å². The van der Waals surface area contributed by atoms with E-state index >= 15 is 0 Å². The molecular weight excluding hydrogens is 405 g/mol. The minimum Gasteiger partial charge on any atom is -0.490 e. The van der Waals surface area contributed by atoms with Crippen molar-refractivity contribution in [3.8, 4) is 11.8 Å². The summed E-state index contributed by atoms with van der Waals surface area (Å²) >= 11 is 0. The molecule has 0 unspecified atom stereocenters. The predicted molar refractivity (Wildman–Crippen MR) is 110 cm³/mol. The lowest BCUT2D eigenvalue weighted by atomic mass is 10.1. The van der Waals surface area contributed by atoms with Crippen LogP contribution in [-0.4, -0.2) is 29.6 Å². The van der Waals surface area contributed by atoms with Crippen LogP contribution in [-0.2, 0) is 17.8 Å². The van der Waals surface area contributed by atoms with Crippen molar-refractivity contribution in [2.75, 3.05) is 6.54 Å². The Balaban J connectivity index is 1.62. The summed E-state index contributed by atoms with van der Waals surface area (Å²) in [6.45, 7) is -1.47. The maximum absolute atomic E-state index is 13.0. The first-order valence-electron chi connectivity index (χ1n) is 10.4. The summed E-state index contributed by atoms with van der Waals surface area (Å²) in [5.41, 5.74) is 1.81. The highest BCUT2D eigenvalue weighted by Crippen LogP contribution is 2.25. The summed E-state index contributed by atoms with van der Waals surface area (Å²) in [4.78, 5) is 13.4. The Morgan fingerprint density at radius 1 is 1.10 bits per heavy atom. The van der Waals surface area contributed by atoms with Crippen LogP contribution >= 0.6 is 0 Å². The van der Waals surface area contributed by atoms with E-state index in [1.807, 2.05) is 30.3 Å². The molecule has 1 aliphatic rings. The van der Waals surface area contributed by atoms with Crippen molar-refractivity contribution in [3.63, 3.8) is 0 Å². The third-order valence-corrected chi connectivity index (χ3v) is 5.31. The highest BCUT2D eigenvalue weighted by Gasteiger charge is 2.32. The van der Waals surface area contributed by atoms with E-state index in [-0.39, 0.29) is 19.1 Å². The zero-order chi connectivity index (χ0) is 22.3. The first-order chi connectivity index (χ1) is 14.8. The number of amides is 1. The minimum absolute atomic E-state index is 0.0285. The lowest BCUT2D eigenvalue weighted by Gasteiger charge is -2.24. The molecule has 4 nitrogen and oxygen atoms in total. The lowest BCUT2D eigenvalue weighted by molar-refractivity contribution is -0.162. The molecule has 0 aromatic heterocycles. The van der Waals surface area contributed by atoms with E-state index in [4.69, 9.17) is 10.00 Å². The van der Waals surface area contributed by atoms with Gasteiger partial charge in [0, 0.05) is 13.0 Å². The second-order valence-corrected chi connectivity index (χ2v) is 7.85. The molecule has 7 heteroatoms. The first-order valence-corrected chi connectivity index (χ1v) is 10.4. The van der Waals surface area contributed by atoms with Gasteiger partial charge in [-0.25, -0.2) is 0 Å². The summed E-state index contributed by atoms with van der Waals surface area (Å²) in [6, 6.07) is 15.6. The van der Waals surface area contributed by atoms with Crippen LogP contribution in [0.5, 0.6) is 5.75 Å². The number of nitriles is 1. The Morgan fingerprint density at radius 2 is 1.81 bits per heavy atom. The van der Waals surface area contributed by atoms with Gasteiger partial charge in [-0.3, -0.25) is 4.79 Å². The van der Waals surface area contributed by atoms with E-state index in [0.717, 1.165) is 41.9 Å². The average molecular weight is 430 g/mol. The SMILES string of the molecule is N#Cc1ccc(CN(CC(F)(F)F)C(=O)CCc2cccc(OC3CCCC3)c2)cc1. The van der Waals surface area contributed by atoms with Gasteiger partial charge in [-0.15, -0.1) is 0 Å². The molecule has 2 aromatic carbocycles. The summed E-state index contributed by atoms with van der Waals surface area (Å²) in [5.74, 6) is 0.172. The largest absolute Gasteiger partial charge is 0.490 e. The molecule has 31 heavy (non-hydrogen) atoms. The molecule has 0 aliphatic heterocycles. The average Bonchev–Trinajstić information content (AvgIpc) is 3.24. The van der Waals surface area contributed by atoms with Gasteiger partial charge in [0.2, 0.25) is 5.91 Å². The smallest absolute Gasteiger partial charge is 0.406 e. The number of aryl methyl sites for hydroxylation is 1. The van der Waals surface area contributed by atoms with Crippen molar-refractivity contribution in [1.29, 1.82) is 5.26 Å². The Bertz CT molecular complexity index is 914. The molecule has 0 N–H and O–H groups in total. The Kier molecular flexibility index (Phi) is 7.56. The summed E-state index contributed by atoms with van der Waals surface area (Å²) in [6.07, 6.45) is 0.417. The molecule has 2 aromatic rings. The number of carbonyl (C=O) groups is 1. The molecule has 3 rings (SSSR count). The number of ether oxygens (including phenoxy) is 1. The van der Waals surface area contributed by atoms with Gasteiger partial charge in [0.05, 0.1) is 17.7 Å². The predicted octanol–water partition coefficient (Wildman–Crippen LogP) is 5.40. The van der Waals surface area contributed by atoms with Crippen LogP contribution in [0.2, 0.25) is 0 Å². The third-order valence-electron chi connectivity index (χ3n) is 5.31. The molecule has 0 radical (unpaired) electrons. The van der Waals surface area contributed by atoms with Crippen LogP contribution in [0.1, 0.15) is 48.8 Å². The van der Waals surface area contributed by atoms with Crippen LogP contribution in [0.15, 0.2) is 48.5 Å². The molecule has 164 valence electrons. The number of benzene rings is 2. The highest BCUT2D eigenvalue weighted by molar-refractivity contribution is 5.76. The molecule has 0 heterocycles. The number of hydrogen-bond acceptors (Lipinski definition) is 3. The maximum Gasteiger partial charge on any atom is 0.406 e. The van der Waals surface area contributed by atoms with Crippen molar-refractivity contribution >= 4 is 5.91 Å². The zero-order valence-corrected chi connectivity index (χ0v) is 17.2. The first kappa shape index (κ1) is 22.7. The van der Waals surface area contributed by atoms with E-state index in [0.29, 0.717) is 17.5 Å². The monoisotopic (exact) mass is 430 g/mol. The number of alkyl halides is 3. The second kappa shape index (κ2) is 10.3. The Morgan fingerprint density at radius 3 is 2.45 bits per heavy atom. The van der Waals surface area contributed by atoms with Crippen molar-refractivity contribution in [1.82, 2.24) is 4.90 Å². The number of carbonyl (C=O) groups excluding carboxylic acids is 1. The molecule has 0 bridgehead atoms. The zero-order valence-electron chi connectivity index (χ0n) is 17.2. The van der Waals surface area contributed by atoms with Crippen LogP contribution in [0, 0.1) is 11.3 Å². The summed E-state index contributed by atoms with van der Waals surface area (Å²) < 4.78 is 45.1. The van der Waals surface area contributed by atoms with Gasteiger partial charge in [-0.2, -0.15) is 18.4 Å². The van der Waals surface area contributed by atoms with Gasteiger partial charge in [0.1, 0.15) is 12.3 Å². The quantitative estimate of drug-likeness (QED) is 0.563. The Hall–Kier alpha value is -3.01. The van der Waals surface area contributed by atoms with Crippen LogP contribution in [0.25, 0.3) is 0 Å². The van der Waals surface area contributed by atoms with Crippen molar-refractivity contribution in [2.24, 2.45) is 0 Å². The number of hydrogen-bond donors (Lipinski definition) is 0. The number of halogens is 3. The van der Waals surface area contributed by atoms with Gasteiger partial charge in [-0.1, -0.05) is 24.3 Å². The van der Waals surface area contributed by atoms with E-state index in [2.05, 4.69) is 0 Å². The van der Waals surface area contributed by atoms with Gasteiger partial charge >= 0.3 is 6.18 Å². The molecule has 0 spiro atoms. The fourth-order valence-electron chi connectivity index (χ4n) is 3.74. The van der Waals surface area contributed by atoms with Crippen molar-refractivity contribution in [2.45, 2.75) is 57.3 Å². The lowest BCUT2D eigenvalue weighted by Crippen LogP contribution is -2.38. The molecule has 1 saturated carbocycles. The molecule has 1 fully saturated rings. The number of nitrogens with zero attached hydrogens (tertiary/aromatic N) is 2. The normalized spacial score (nSPS) is 14.3. The second-order valence-electron chi connectivity index (χ2n) is 7.85.